The zero-order chi connectivity index (χ0) is 12.4. The molecule has 0 aliphatic carbocycles. The molecule has 0 saturated carbocycles. The van der Waals surface area contributed by atoms with Crippen LogP contribution in [0.1, 0.15) is 15.3 Å². The number of hydrogen-bond acceptors (Lipinski definition) is 3. The van der Waals surface area contributed by atoms with Crippen molar-refractivity contribution >= 4 is 38.6 Å². The molecule has 4 heteroatoms. The lowest BCUT2D eigenvalue weighted by atomic mass is 10.2. The zero-order valence-electron chi connectivity index (χ0n) is 9.88. The molecule has 2 nitrogen and oxygen atoms in total. The SMILES string of the molecule is Cc1cc(CNc2ccc(Br)cc2N)sc1C. The zero-order valence-corrected chi connectivity index (χ0v) is 12.3. The molecular weight excluding hydrogens is 296 g/mol. The second kappa shape index (κ2) is 5.10. The van der Waals surface area contributed by atoms with Crippen molar-refractivity contribution in [3.63, 3.8) is 0 Å². The molecule has 0 spiro atoms. The van der Waals surface area contributed by atoms with Gasteiger partial charge in [0.2, 0.25) is 0 Å². The highest BCUT2D eigenvalue weighted by Crippen LogP contribution is 2.25. The van der Waals surface area contributed by atoms with E-state index in [1.807, 2.05) is 29.5 Å². The summed E-state index contributed by atoms with van der Waals surface area (Å²) in [4.78, 5) is 2.72. The minimum atomic E-state index is 0.768. The van der Waals surface area contributed by atoms with Crippen molar-refractivity contribution < 1.29 is 0 Å². The van der Waals surface area contributed by atoms with E-state index in [0.29, 0.717) is 0 Å². The van der Waals surface area contributed by atoms with Crippen molar-refractivity contribution in [3.05, 3.63) is 44.1 Å². The third kappa shape index (κ3) is 3.01. The van der Waals surface area contributed by atoms with Crippen LogP contribution < -0.4 is 11.1 Å². The third-order valence-electron chi connectivity index (χ3n) is 2.68. The summed E-state index contributed by atoms with van der Waals surface area (Å²) < 4.78 is 1.00. The van der Waals surface area contributed by atoms with Crippen LogP contribution in [0.25, 0.3) is 0 Å². The average molecular weight is 311 g/mol. The topological polar surface area (TPSA) is 38.0 Å². The number of halogens is 1. The molecule has 0 saturated heterocycles. The fourth-order valence-electron chi connectivity index (χ4n) is 1.61. The highest BCUT2D eigenvalue weighted by Gasteiger charge is 2.03. The van der Waals surface area contributed by atoms with Gasteiger partial charge < -0.3 is 11.1 Å². The normalized spacial score (nSPS) is 10.5. The van der Waals surface area contributed by atoms with E-state index in [4.69, 9.17) is 5.73 Å². The summed E-state index contributed by atoms with van der Waals surface area (Å²) in [5, 5.41) is 3.36. The molecule has 0 fully saturated rings. The van der Waals surface area contributed by atoms with Gasteiger partial charge in [-0.3, -0.25) is 0 Å². The van der Waals surface area contributed by atoms with Gasteiger partial charge in [0.05, 0.1) is 11.4 Å². The van der Waals surface area contributed by atoms with Crippen LogP contribution in [0.4, 0.5) is 11.4 Å². The minimum Gasteiger partial charge on any atom is -0.397 e. The van der Waals surface area contributed by atoms with Gasteiger partial charge in [-0.05, 0) is 43.7 Å². The molecule has 0 bridgehead atoms. The fraction of sp³-hybridized carbons (Fsp3) is 0.231. The van der Waals surface area contributed by atoms with Crippen molar-refractivity contribution in [2.45, 2.75) is 20.4 Å². The van der Waals surface area contributed by atoms with Crippen LogP contribution in [0.5, 0.6) is 0 Å². The van der Waals surface area contributed by atoms with E-state index in [0.717, 1.165) is 22.4 Å². The Kier molecular flexibility index (Phi) is 3.74. The van der Waals surface area contributed by atoms with Gasteiger partial charge in [-0.2, -0.15) is 0 Å². The summed E-state index contributed by atoms with van der Waals surface area (Å²) in [7, 11) is 0. The number of anilines is 2. The Labute approximate surface area is 114 Å². The van der Waals surface area contributed by atoms with Crippen molar-refractivity contribution in [3.8, 4) is 0 Å². The van der Waals surface area contributed by atoms with E-state index >= 15 is 0 Å². The van der Waals surface area contributed by atoms with Gasteiger partial charge >= 0.3 is 0 Å². The summed E-state index contributed by atoms with van der Waals surface area (Å²) >= 11 is 5.23. The van der Waals surface area contributed by atoms with Crippen LogP contribution in [-0.4, -0.2) is 0 Å². The molecule has 1 aromatic heterocycles. The van der Waals surface area contributed by atoms with Crippen LogP contribution >= 0.6 is 27.3 Å². The van der Waals surface area contributed by atoms with Crippen molar-refractivity contribution in [1.29, 1.82) is 0 Å². The Hall–Kier alpha value is -1.00. The second-order valence-electron chi connectivity index (χ2n) is 4.04. The monoisotopic (exact) mass is 310 g/mol. The van der Waals surface area contributed by atoms with Gasteiger partial charge in [0.25, 0.3) is 0 Å². The smallest absolute Gasteiger partial charge is 0.0577 e. The number of thiophene rings is 1. The number of hydrogen-bond donors (Lipinski definition) is 2. The van der Waals surface area contributed by atoms with Gasteiger partial charge in [-0.15, -0.1) is 11.3 Å². The second-order valence-corrected chi connectivity index (χ2v) is 6.29. The van der Waals surface area contributed by atoms with Gasteiger partial charge in [0, 0.05) is 20.8 Å². The molecule has 0 atom stereocenters. The Morgan fingerprint density at radius 3 is 2.65 bits per heavy atom. The van der Waals surface area contributed by atoms with Crippen molar-refractivity contribution in [1.82, 2.24) is 0 Å². The van der Waals surface area contributed by atoms with Crippen molar-refractivity contribution in [2.75, 3.05) is 11.1 Å². The lowest BCUT2D eigenvalue weighted by Gasteiger charge is -2.08. The average Bonchev–Trinajstić information content (AvgIpc) is 2.57. The summed E-state index contributed by atoms with van der Waals surface area (Å²) in [6, 6.07) is 8.12. The minimum absolute atomic E-state index is 0.768. The van der Waals surface area contributed by atoms with Gasteiger partial charge in [0.15, 0.2) is 0 Å². The molecule has 0 radical (unpaired) electrons. The first kappa shape index (κ1) is 12.5. The predicted octanol–water partition coefficient (Wildman–Crippen LogP) is 4.32. The predicted molar refractivity (Wildman–Crippen MR) is 79.7 cm³/mol. The number of nitrogen functional groups attached to an aromatic ring is 1. The quantitative estimate of drug-likeness (QED) is 0.828. The maximum atomic E-state index is 5.93. The van der Waals surface area contributed by atoms with Crippen molar-refractivity contribution in [2.24, 2.45) is 0 Å². The lowest BCUT2D eigenvalue weighted by molar-refractivity contribution is 1.19. The third-order valence-corrected chi connectivity index (χ3v) is 4.33. The van der Waals surface area contributed by atoms with Gasteiger partial charge in [-0.1, -0.05) is 15.9 Å². The van der Waals surface area contributed by atoms with Crippen LogP contribution in [-0.2, 0) is 6.54 Å². The number of aryl methyl sites for hydroxylation is 2. The van der Waals surface area contributed by atoms with E-state index in [-0.39, 0.29) is 0 Å². The van der Waals surface area contributed by atoms with E-state index in [1.54, 1.807) is 0 Å². The number of nitrogens with two attached hydrogens (primary N) is 1. The highest BCUT2D eigenvalue weighted by molar-refractivity contribution is 9.10. The molecule has 0 aliphatic rings. The molecule has 0 aliphatic heterocycles. The fourth-order valence-corrected chi connectivity index (χ4v) is 2.99. The number of nitrogens with one attached hydrogen (secondary N) is 1. The van der Waals surface area contributed by atoms with E-state index in [9.17, 15) is 0 Å². The summed E-state index contributed by atoms with van der Waals surface area (Å²) in [6.07, 6.45) is 0. The first-order valence-corrected chi connectivity index (χ1v) is 7.02. The highest BCUT2D eigenvalue weighted by atomic mass is 79.9. The first-order chi connectivity index (χ1) is 8.06. The van der Waals surface area contributed by atoms with Gasteiger partial charge in [-0.25, -0.2) is 0 Å². The van der Waals surface area contributed by atoms with Crippen LogP contribution in [0.15, 0.2) is 28.7 Å². The molecule has 1 aromatic carbocycles. The lowest BCUT2D eigenvalue weighted by Crippen LogP contribution is -2.00. The van der Waals surface area contributed by atoms with Crippen LogP contribution in [0, 0.1) is 13.8 Å². The number of benzene rings is 1. The molecule has 17 heavy (non-hydrogen) atoms. The summed E-state index contributed by atoms with van der Waals surface area (Å²) in [5.41, 5.74) is 9.04. The van der Waals surface area contributed by atoms with E-state index < -0.39 is 0 Å². The van der Waals surface area contributed by atoms with Crippen LogP contribution in [0.2, 0.25) is 0 Å². The maximum Gasteiger partial charge on any atom is 0.0577 e. The molecular formula is C13H15BrN2S. The first-order valence-electron chi connectivity index (χ1n) is 5.41. The molecule has 2 aromatic rings. The summed E-state index contributed by atoms with van der Waals surface area (Å²) in [6.45, 7) is 5.12. The Balaban J connectivity index is 2.07. The Morgan fingerprint density at radius 2 is 2.06 bits per heavy atom. The van der Waals surface area contributed by atoms with E-state index in [2.05, 4.69) is 41.2 Å². The molecule has 0 amide bonds. The van der Waals surface area contributed by atoms with Crippen LogP contribution in [0.3, 0.4) is 0 Å². The maximum absolute atomic E-state index is 5.93. The largest absolute Gasteiger partial charge is 0.397 e. The molecule has 2 rings (SSSR count). The molecule has 1 heterocycles. The van der Waals surface area contributed by atoms with E-state index in [1.165, 1.54) is 15.3 Å². The molecule has 90 valence electrons. The molecule has 3 N–H and O–H groups in total. The number of rotatable bonds is 3. The standard InChI is InChI=1S/C13H15BrN2S/c1-8-5-11(17-9(8)2)7-16-13-4-3-10(14)6-12(13)15/h3-6,16H,7,15H2,1-2H3. The Morgan fingerprint density at radius 1 is 1.29 bits per heavy atom. The summed E-state index contributed by atoms with van der Waals surface area (Å²) in [5.74, 6) is 0. The molecule has 0 unspecified atom stereocenters. The Bertz CT molecular complexity index is 515. The van der Waals surface area contributed by atoms with Gasteiger partial charge in [0.1, 0.15) is 0 Å².